The van der Waals surface area contributed by atoms with Gasteiger partial charge in [0.2, 0.25) is 0 Å². The van der Waals surface area contributed by atoms with Crippen LogP contribution in [0.25, 0.3) is 0 Å². The van der Waals surface area contributed by atoms with Crippen LogP contribution in [-0.4, -0.2) is 7.05 Å². The van der Waals surface area contributed by atoms with E-state index in [0.29, 0.717) is 16.5 Å². The molecule has 1 unspecified atom stereocenters. The van der Waals surface area contributed by atoms with E-state index >= 15 is 0 Å². The van der Waals surface area contributed by atoms with Gasteiger partial charge in [-0.05, 0) is 43.0 Å². The summed E-state index contributed by atoms with van der Waals surface area (Å²) in [5.74, 6) is 0. The van der Waals surface area contributed by atoms with E-state index in [0.717, 1.165) is 12.5 Å². The van der Waals surface area contributed by atoms with Crippen LogP contribution >= 0.6 is 15.9 Å². The lowest BCUT2D eigenvalue weighted by molar-refractivity contribution is -0.138. The van der Waals surface area contributed by atoms with Gasteiger partial charge in [-0.15, -0.1) is 0 Å². The fraction of sp³-hybridized carbons (Fsp3) is 0.600. The Kier molecular flexibility index (Phi) is 5.67. The lowest BCUT2D eigenvalue weighted by Gasteiger charge is -2.25. The highest BCUT2D eigenvalue weighted by Gasteiger charge is 2.35. The Labute approximate surface area is 127 Å². The van der Waals surface area contributed by atoms with E-state index in [1.165, 1.54) is 0 Å². The molecule has 1 N–H and O–H groups in total. The third kappa shape index (κ3) is 5.09. The van der Waals surface area contributed by atoms with Crippen LogP contribution in [-0.2, 0) is 6.18 Å². The molecule has 0 spiro atoms. The molecular formula is C15H21BrF3N. The first-order valence-electron chi connectivity index (χ1n) is 6.58. The van der Waals surface area contributed by atoms with Crippen LogP contribution in [0.5, 0.6) is 0 Å². The number of benzene rings is 1. The fourth-order valence-electron chi connectivity index (χ4n) is 2.11. The van der Waals surface area contributed by atoms with Crippen molar-refractivity contribution in [3.8, 4) is 0 Å². The van der Waals surface area contributed by atoms with Gasteiger partial charge in [0.25, 0.3) is 0 Å². The minimum Gasteiger partial charge on any atom is -0.313 e. The van der Waals surface area contributed by atoms with Gasteiger partial charge in [0.05, 0.1) is 5.56 Å². The number of nitrogens with one attached hydrogen (secondary N) is 1. The van der Waals surface area contributed by atoms with Gasteiger partial charge in [0.15, 0.2) is 0 Å². The fourth-order valence-corrected chi connectivity index (χ4v) is 2.47. The first-order chi connectivity index (χ1) is 9.04. The third-order valence-corrected chi connectivity index (χ3v) is 3.72. The van der Waals surface area contributed by atoms with Gasteiger partial charge >= 0.3 is 6.18 Å². The van der Waals surface area contributed by atoms with Crippen molar-refractivity contribution >= 4 is 15.9 Å². The zero-order valence-electron chi connectivity index (χ0n) is 12.2. The lowest BCUT2D eigenvalue weighted by Crippen LogP contribution is -2.22. The molecular weight excluding hydrogens is 331 g/mol. The number of alkyl halides is 3. The van der Waals surface area contributed by atoms with Crippen molar-refractivity contribution < 1.29 is 13.2 Å². The Balaban J connectivity index is 3.09. The highest BCUT2D eigenvalue weighted by atomic mass is 79.9. The Morgan fingerprint density at radius 1 is 1.20 bits per heavy atom. The van der Waals surface area contributed by atoms with Crippen LogP contribution in [0.4, 0.5) is 13.2 Å². The maximum Gasteiger partial charge on any atom is 0.416 e. The molecule has 1 nitrogen and oxygen atoms in total. The van der Waals surface area contributed by atoms with E-state index in [4.69, 9.17) is 0 Å². The Morgan fingerprint density at radius 3 is 2.25 bits per heavy atom. The molecule has 114 valence electrons. The van der Waals surface area contributed by atoms with Crippen LogP contribution in [0.3, 0.4) is 0 Å². The number of rotatable bonds is 4. The second-order valence-corrected chi connectivity index (χ2v) is 7.09. The normalized spacial score (nSPS) is 14.4. The van der Waals surface area contributed by atoms with Gasteiger partial charge in [-0.2, -0.15) is 13.2 Å². The summed E-state index contributed by atoms with van der Waals surface area (Å²) in [4.78, 5) is 0. The molecule has 1 rings (SSSR count). The van der Waals surface area contributed by atoms with E-state index in [1.54, 1.807) is 19.2 Å². The average molecular weight is 352 g/mol. The van der Waals surface area contributed by atoms with Crippen molar-refractivity contribution in [3.63, 3.8) is 0 Å². The van der Waals surface area contributed by atoms with Gasteiger partial charge in [0, 0.05) is 10.5 Å². The van der Waals surface area contributed by atoms with E-state index in [9.17, 15) is 13.2 Å². The monoisotopic (exact) mass is 351 g/mol. The minimum atomic E-state index is -4.34. The molecule has 0 heterocycles. The predicted octanol–water partition coefficient (Wildman–Crippen LogP) is 5.55. The van der Waals surface area contributed by atoms with Crippen molar-refractivity contribution in [1.29, 1.82) is 0 Å². The molecule has 0 bridgehead atoms. The van der Waals surface area contributed by atoms with Crippen LogP contribution < -0.4 is 5.32 Å². The molecule has 0 saturated carbocycles. The number of hydrogen-bond donors (Lipinski definition) is 1. The van der Waals surface area contributed by atoms with Crippen molar-refractivity contribution in [2.75, 3.05) is 7.05 Å². The summed E-state index contributed by atoms with van der Waals surface area (Å²) in [6.45, 7) is 6.27. The molecule has 0 saturated heterocycles. The third-order valence-electron chi connectivity index (χ3n) is 3.23. The Bertz CT molecular complexity index is 449. The zero-order valence-corrected chi connectivity index (χ0v) is 13.8. The summed E-state index contributed by atoms with van der Waals surface area (Å²) < 4.78 is 39.9. The van der Waals surface area contributed by atoms with Crippen molar-refractivity contribution in [2.24, 2.45) is 5.41 Å². The molecule has 20 heavy (non-hydrogen) atoms. The largest absolute Gasteiger partial charge is 0.416 e. The summed E-state index contributed by atoms with van der Waals surface area (Å²) in [5, 5.41) is 3.01. The summed E-state index contributed by atoms with van der Waals surface area (Å²) in [6, 6.07) is 4.07. The van der Waals surface area contributed by atoms with Crippen LogP contribution in [0, 0.1) is 5.41 Å². The molecule has 0 amide bonds. The zero-order chi connectivity index (χ0) is 15.6. The smallest absolute Gasteiger partial charge is 0.313 e. The van der Waals surface area contributed by atoms with E-state index in [2.05, 4.69) is 42.0 Å². The Morgan fingerprint density at radius 2 is 1.80 bits per heavy atom. The quantitative estimate of drug-likeness (QED) is 0.749. The molecule has 1 aromatic rings. The van der Waals surface area contributed by atoms with Gasteiger partial charge in [-0.25, -0.2) is 0 Å². The van der Waals surface area contributed by atoms with Crippen molar-refractivity contribution in [1.82, 2.24) is 5.32 Å². The first kappa shape index (κ1) is 17.5. The number of hydrogen-bond acceptors (Lipinski definition) is 1. The topological polar surface area (TPSA) is 12.0 Å². The maximum absolute atomic E-state index is 13.2. The Hall–Kier alpha value is -0.550. The van der Waals surface area contributed by atoms with Crippen LogP contribution in [0.15, 0.2) is 22.7 Å². The standard InChI is InChI=1S/C15H21BrF3N/c1-14(2,3)8-7-13(20-4)11-6-5-10(16)9-12(11)15(17,18)19/h5-6,9,13,20H,7-8H2,1-4H3. The van der Waals surface area contributed by atoms with Gasteiger partial charge in [0.1, 0.15) is 0 Å². The van der Waals surface area contributed by atoms with Crippen molar-refractivity contribution in [3.05, 3.63) is 33.8 Å². The van der Waals surface area contributed by atoms with Crippen LogP contribution in [0.1, 0.15) is 50.8 Å². The van der Waals surface area contributed by atoms with Crippen molar-refractivity contribution in [2.45, 2.75) is 45.8 Å². The lowest BCUT2D eigenvalue weighted by atomic mass is 9.86. The molecule has 0 aliphatic carbocycles. The second kappa shape index (κ2) is 6.48. The molecule has 1 atom stereocenters. The molecule has 0 aliphatic heterocycles. The molecule has 1 aromatic carbocycles. The first-order valence-corrected chi connectivity index (χ1v) is 7.38. The second-order valence-electron chi connectivity index (χ2n) is 6.17. The maximum atomic E-state index is 13.2. The average Bonchev–Trinajstić information content (AvgIpc) is 2.28. The molecule has 0 aliphatic rings. The summed E-state index contributed by atoms with van der Waals surface area (Å²) in [7, 11) is 1.70. The summed E-state index contributed by atoms with van der Waals surface area (Å²) >= 11 is 3.11. The molecule has 0 fully saturated rings. The van der Waals surface area contributed by atoms with E-state index in [-0.39, 0.29) is 11.5 Å². The highest BCUT2D eigenvalue weighted by molar-refractivity contribution is 9.10. The highest BCUT2D eigenvalue weighted by Crippen LogP contribution is 2.38. The molecule has 5 heteroatoms. The van der Waals surface area contributed by atoms with E-state index in [1.807, 2.05) is 0 Å². The van der Waals surface area contributed by atoms with Gasteiger partial charge in [-0.1, -0.05) is 42.8 Å². The minimum absolute atomic E-state index is 0.100. The molecule has 0 aromatic heterocycles. The SMILES string of the molecule is CNC(CCC(C)(C)C)c1ccc(Br)cc1C(F)(F)F. The summed E-state index contributed by atoms with van der Waals surface area (Å²) in [6.07, 6.45) is -2.81. The van der Waals surface area contributed by atoms with Gasteiger partial charge < -0.3 is 5.32 Å². The summed E-state index contributed by atoms with van der Waals surface area (Å²) in [5.41, 5.74) is -0.157. The molecule has 0 radical (unpaired) electrons. The van der Waals surface area contributed by atoms with E-state index < -0.39 is 11.7 Å². The predicted molar refractivity (Wildman–Crippen MR) is 79.6 cm³/mol. The van der Waals surface area contributed by atoms with Crippen LogP contribution in [0.2, 0.25) is 0 Å². The number of halogens is 4. The van der Waals surface area contributed by atoms with Gasteiger partial charge in [-0.3, -0.25) is 0 Å².